The lowest BCUT2D eigenvalue weighted by Gasteiger charge is -2.20. The fourth-order valence-electron chi connectivity index (χ4n) is 2.28. The molecule has 0 saturated carbocycles. The highest BCUT2D eigenvalue weighted by Gasteiger charge is 2.19. The number of carbonyl (C=O) groups is 1. The molecule has 0 aromatic heterocycles. The molecule has 0 spiro atoms. The molecule has 1 aliphatic heterocycles. The van der Waals surface area contributed by atoms with Crippen LogP contribution in [0.2, 0.25) is 0 Å². The van der Waals surface area contributed by atoms with Crippen molar-refractivity contribution in [1.82, 2.24) is 4.90 Å². The standard InChI is InChI=1S/C14H19FN2O/c1-10-12(15)8-11(9-13(10)16)14(18)17-6-4-2-3-5-7-17/h8-9H,2-7,16H2,1H3. The third-order valence-electron chi connectivity index (χ3n) is 3.52. The van der Waals surface area contributed by atoms with E-state index >= 15 is 0 Å². The van der Waals surface area contributed by atoms with Crippen molar-refractivity contribution in [2.75, 3.05) is 18.8 Å². The zero-order valence-corrected chi connectivity index (χ0v) is 10.7. The van der Waals surface area contributed by atoms with E-state index in [1.165, 1.54) is 6.07 Å². The van der Waals surface area contributed by atoms with E-state index < -0.39 is 5.82 Å². The Morgan fingerprint density at radius 2 is 1.83 bits per heavy atom. The number of likely N-dealkylation sites (tertiary alicyclic amines) is 1. The van der Waals surface area contributed by atoms with Crippen molar-refractivity contribution in [2.45, 2.75) is 32.6 Å². The summed E-state index contributed by atoms with van der Waals surface area (Å²) in [4.78, 5) is 14.1. The monoisotopic (exact) mass is 250 g/mol. The van der Waals surface area contributed by atoms with E-state index in [4.69, 9.17) is 5.73 Å². The fraction of sp³-hybridized carbons (Fsp3) is 0.500. The maximum absolute atomic E-state index is 13.6. The minimum Gasteiger partial charge on any atom is -0.398 e. The molecule has 3 nitrogen and oxygen atoms in total. The van der Waals surface area contributed by atoms with Gasteiger partial charge in [-0.1, -0.05) is 12.8 Å². The fourth-order valence-corrected chi connectivity index (χ4v) is 2.28. The number of nitrogen functional groups attached to an aromatic ring is 1. The van der Waals surface area contributed by atoms with Crippen molar-refractivity contribution in [2.24, 2.45) is 0 Å². The van der Waals surface area contributed by atoms with E-state index in [0.717, 1.165) is 38.8 Å². The first-order valence-electron chi connectivity index (χ1n) is 6.44. The van der Waals surface area contributed by atoms with Gasteiger partial charge in [-0.25, -0.2) is 4.39 Å². The van der Waals surface area contributed by atoms with Crippen LogP contribution in [0.1, 0.15) is 41.6 Å². The Balaban J connectivity index is 2.22. The SMILES string of the molecule is Cc1c(N)cc(C(=O)N2CCCCCC2)cc1F. The van der Waals surface area contributed by atoms with Crippen LogP contribution in [0, 0.1) is 12.7 Å². The molecule has 1 heterocycles. The molecular formula is C14H19FN2O. The number of nitrogens with zero attached hydrogens (tertiary/aromatic N) is 1. The predicted octanol–water partition coefficient (Wildman–Crippen LogP) is 2.73. The van der Waals surface area contributed by atoms with Crippen molar-refractivity contribution >= 4 is 11.6 Å². The van der Waals surface area contributed by atoms with Crippen molar-refractivity contribution in [3.63, 3.8) is 0 Å². The summed E-state index contributed by atoms with van der Waals surface area (Å²) in [5.41, 5.74) is 6.81. The Kier molecular flexibility index (Phi) is 3.84. The Morgan fingerprint density at radius 1 is 1.22 bits per heavy atom. The van der Waals surface area contributed by atoms with Crippen LogP contribution in [0.15, 0.2) is 12.1 Å². The summed E-state index contributed by atoms with van der Waals surface area (Å²) in [5, 5.41) is 0. The molecular weight excluding hydrogens is 231 g/mol. The maximum atomic E-state index is 13.6. The smallest absolute Gasteiger partial charge is 0.254 e. The van der Waals surface area contributed by atoms with Crippen LogP contribution in [-0.4, -0.2) is 23.9 Å². The van der Waals surface area contributed by atoms with Gasteiger partial charge in [-0.2, -0.15) is 0 Å². The molecule has 1 amide bonds. The van der Waals surface area contributed by atoms with Gasteiger partial charge in [-0.3, -0.25) is 4.79 Å². The second-order valence-electron chi connectivity index (χ2n) is 4.88. The number of benzene rings is 1. The molecule has 18 heavy (non-hydrogen) atoms. The van der Waals surface area contributed by atoms with Gasteiger partial charge in [0.1, 0.15) is 5.82 Å². The summed E-state index contributed by atoms with van der Waals surface area (Å²) in [7, 11) is 0. The summed E-state index contributed by atoms with van der Waals surface area (Å²) >= 11 is 0. The second kappa shape index (κ2) is 5.38. The van der Waals surface area contributed by atoms with Crippen LogP contribution in [0.5, 0.6) is 0 Å². The largest absolute Gasteiger partial charge is 0.398 e. The van der Waals surface area contributed by atoms with Crippen molar-refractivity contribution in [3.8, 4) is 0 Å². The highest BCUT2D eigenvalue weighted by molar-refractivity contribution is 5.95. The molecule has 0 atom stereocenters. The highest BCUT2D eigenvalue weighted by Crippen LogP contribution is 2.20. The average Bonchev–Trinajstić information content (AvgIpc) is 2.63. The molecule has 4 heteroatoms. The van der Waals surface area contributed by atoms with Crippen LogP contribution in [0.4, 0.5) is 10.1 Å². The summed E-state index contributed by atoms with van der Waals surface area (Å²) in [6.07, 6.45) is 4.37. The number of amides is 1. The maximum Gasteiger partial charge on any atom is 0.254 e. The van der Waals surface area contributed by atoms with Gasteiger partial charge >= 0.3 is 0 Å². The van der Waals surface area contributed by atoms with Gasteiger partial charge in [-0.15, -0.1) is 0 Å². The zero-order chi connectivity index (χ0) is 13.1. The summed E-state index contributed by atoms with van der Waals surface area (Å²) in [6.45, 7) is 3.13. The van der Waals surface area contributed by atoms with Gasteiger partial charge in [0.05, 0.1) is 0 Å². The van der Waals surface area contributed by atoms with E-state index in [-0.39, 0.29) is 5.91 Å². The van der Waals surface area contributed by atoms with E-state index in [0.29, 0.717) is 16.8 Å². The Hall–Kier alpha value is -1.58. The van der Waals surface area contributed by atoms with E-state index in [9.17, 15) is 9.18 Å². The summed E-state index contributed by atoms with van der Waals surface area (Å²) in [5.74, 6) is -0.518. The number of halogens is 1. The zero-order valence-electron chi connectivity index (χ0n) is 10.7. The highest BCUT2D eigenvalue weighted by atomic mass is 19.1. The quantitative estimate of drug-likeness (QED) is 0.779. The molecule has 1 aromatic rings. The molecule has 2 rings (SSSR count). The summed E-state index contributed by atoms with van der Waals surface area (Å²) < 4.78 is 13.6. The van der Waals surface area contributed by atoms with Crippen LogP contribution in [0.25, 0.3) is 0 Å². The molecule has 0 unspecified atom stereocenters. The predicted molar refractivity (Wildman–Crippen MR) is 69.9 cm³/mol. The Morgan fingerprint density at radius 3 is 2.39 bits per heavy atom. The van der Waals surface area contributed by atoms with E-state index in [1.54, 1.807) is 17.9 Å². The van der Waals surface area contributed by atoms with Gasteiger partial charge in [0.25, 0.3) is 5.91 Å². The molecule has 0 aliphatic carbocycles. The molecule has 98 valence electrons. The third-order valence-corrected chi connectivity index (χ3v) is 3.52. The summed E-state index contributed by atoms with van der Waals surface area (Å²) in [6, 6.07) is 2.87. The van der Waals surface area contributed by atoms with Gasteiger partial charge in [0, 0.05) is 29.9 Å². The number of hydrogen-bond acceptors (Lipinski definition) is 2. The molecule has 1 saturated heterocycles. The molecule has 1 aliphatic rings. The molecule has 2 N–H and O–H groups in total. The second-order valence-corrected chi connectivity index (χ2v) is 4.88. The number of rotatable bonds is 1. The lowest BCUT2D eigenvalue weighted by molar-refractivity contribution is 0.0761. The van der Waals surface area contributed by atoms with E-state index in [1.807, 2.05) is 0 Å². The topological polar surface area (TPSA) is 46.3 Å². The van der Waals surface area contributed by atoms with E-state index in [2.05, 4.69) is 0 Å². The van der Waals surface area contributed by atoms with Gasteiger partial charge < -0.3 is 10.6 Å². The van der Waals surface area contributed by atoms with Crippen molar-refractivity contribution < 1.29 is 9.18 Å². The van der Waals surface area contributed by atoms with Gasteiger partial charge in [-0.05, 0) is 31.9 Å². The van der Waals surface area contributed by atoms with Gasteiger partial charge in [0.15, 0.2) is 0 Å². The molecule has 0 radical (unpaired) electrons. The molecule has 1 aromatic carbocycles. The number of nitrogens with two attached hydrogens (primary N) is 1. The Bertz CT molecular complexity index is 428. The third kappa shape index (κ3) is 2.63. The first kappa shape index (κ1) is 12.9. The number of anilines is 1. The van der Waals surface area contributed by atoms with Crippen LogP contribution in [0.3, 0.4) is 0 Å². The lowest BCUT2D eigenvalue weighted by Crippen LogP contribution is -2.32. The van der Waals surface area contributed by atoms with Crippen LogP contribution >= 0.6 is 0 Å². The Labute approximate surface area is 107 Å². The van der Waals surface area contributed by atoms with Crippen LogP contribution < -0.4 is 5.73 Å². The number of carbonyl (C=O) groups excluding carboxylic acids is 1. The average molecular weight is 250 g/mol. The first-order valence-corrected chi connectivity index (χ1v) is 6.44. The molecule has 1 fully saturated rings. The van der Waals surface area contributed by atoms with Crippen molar-refractivity contribution in [1.29, 1.82) is 0 Å². The normalized spacial score (nSPS) is 16.4. The lowest BCUT2D eigenvalue weighted by atomic mass is 10.1. The minimum atomic E-state index is -0.409. The van der Waals surface area contributed by atoms with Crippen molar-refractivity contribution in [3.05, 3.63) is 29.1 Å². The molecule has 0 bridgehead atoms. The first-order chi connectivity index (χ1) is 8.59. The van der Waals surface area contributed by atoms with Gasteiger partial charge in [0.2, 0.25) is 0 Å². The number of hydrogen-bond donors (Lipinski definition) is 1. The van der Waals surface area contributed by atoms with Crippen LogP contribution in [-0.2, 0) is 0 Å². The minimum absolute atomic E-state index is 0.109.